The molecule has 4 rings (SSSR count). The van der Waals surface area contributed by atoms with Crippen molar-refractivity contribution in [1.82, 2.24) is 9.97 Å². The largest absolute Gasteiger partial charge is 0.469 e. The Morgan fingerprint density at radius 1 is 1.04 bits per heavy atom. The van der Waals surface area contributed by atoms with Crippen molar-refractivity contribution in [2.24, 2.45) is 0 Å². The molecule has 1 aromatic carbocycles. The van der Waals surface area contributed by atoms with Crippen molar-refractivity contribution >= 4 is 22.9 Å². The van der Waals surface area contributed by atoms with Gasteiger partial charge in [0.1, 0.15) is 17.3 Å². The van der Waals surface area contributed by atoms with Gasteiger partial charge in [0.25, 0.3) is 0 Å². The van der Waals surface area contributed by atoms with E-state index in [-0.39, 0.29) is 0 Å². The molecule has 4 aromatic rings. The molecule has 0 saturated heterocycles. The lowest BCUT2D eigenvalue weighted by Crippen LogP contribution is -2.13. The molecule has 126 valence electrons. The summed E-state index contributed by atoms with van der Waals surface area (Å²) >= 11 is 0. The second-order valence-electron chi connectivity index (χ2n) is 6.01. The van der Waals surface area contributed by atoms with E-state index in [4.69, 9.17) is 14.6 Å². The van der Waals surface area contributed by atoms with Crippen molar-refractivity contribution in [2.45, 2.75) is 6.42 Å². The molecule has 0 saturated carbocycles. The fourth-order valence-corrected chi connectivity index (χ4v) is 2.87. The van der Waals surface area contributed by atoms with E-state index in [0.717, 1.165) is 28.0 Å². The number of hydrogen-bond acceptors (Lipinski definition) is 6. The summed E-state index contributed by atoms with van der Waals surface area (Å²) in [5.41, 5.74) is 8.66. The number of anilines is 2. The van der Waals surface area contributed by atoms with Gasteiger partial charge in [0.15, 0.2) is 0 Å². The molecule has 0 aliphatic rings. The van der Waals surface area contributed by atoms with Crippen LogP contribution in [0.1, 0.15) is 11.5 Å². The maximum atomic E-state index is 6.26. The Labute approximate surface area is 144 Å². The minimum Gasteiger partial charge on any atom is -0.469 e. The van der Waals surface area contributed by atoms with Gasteiger partial charge in [0.2, 0.25) is 11.7 Å². The molecule has 3 heterocycles. The first-order chi connectivity index (χ1) is 12.1. The quantitative estimate of drug-likeness (QED) is 0.612. The molecule has 0 aliphatic heterocycles. The van der Waals surface area contributed by atoms with Crippen LogP contribution in [0.25, 0.3) is 22.2 Å². The first-order valence-electron chi connectivity index (χ1n) is 7.97. The zero-order valence-corrected chi connectivity index (χ0v) is 14.1. The number of fused-ring (bicyclic) bond motifs is 1. The third-order valence-corrected chi connectivity index (χ3v) is 4.02. The second-order valence-corrected chi connectivity index (χ2v) is 6.01. The van der Waals surface area contributed by atoms with E-state index in [0.29, 0.717) is 23.9 Å². The highest BCUT2D eigenvalue weighted by molar-refractivity contribution is 6.01. The molecule has 0 fully saturated rings. The van der Waals surface area contributed by atoms with Crippen LogP contribution in [0.3, 0.4) is 0 Å². The van der Waals surface area contributed by atoms with Crippen molar-refractivity contribution in [2.75, 3.05) is 24.7 Å². The topological polar surface area (TPSA) is 81.3 Å². The van der Waals surface area contributed by atoms with Gasteiger partial charge in [-0.2, -0.15) is 9.97 Å². The molecule has 0 spiro atoms. The number of rotatable bonds is 4. The van der Waals surface area contributed by atoms with E-state index in [1.165, 1.54) is 0 Å². The molecule has 0 atom stereocenters. The fraction of sp³-hybridized carbons (Fsp3) is 0.158. The Kier molecular flexibility index (Phi) is 3.65. The van der Waals surface area contributed by atoms with E-state index in [2.05, 4.69) is 9.97 Å². The Hall–Kier alpha value is -3.28. The minimum atomic E-state index is 0.405. The molecule has 0 unspecified atom stereocenters. The van der Waals surface area contributed by atoms with Crippen molar-refractivity contribution in [3.63, 3.8) is 0 Å². The molecule has 0 bridgehead atoms. The molecule has 0 aliphatic carbocycles. The number of furan rings is 2. The zero-order valence-electron chi connectivity index (χ0n) is 14.1. The monoisotopic (exact) mass is 334 g/mol. The normalized spacial score (nSPS) is 11.1. The van der Waals surface area contributed by atoms with Crippen molar-refractivity contribution in [3.05, 3.63) is 60.2 Å². The molecular weight excluding hydrogens is 316 g/mol. The highest BCUT2D eigenvalue weighted by Gasteiger charge is 2.22. The highest BCUT2D eigenvalue weighted by atomic mass is 16.4. The molecule has 0 amide bonds. The predicted molar refractivity (Wildman–Crippen MR) is 97.5 cm³/mol. The van der Waals surface area contributed by atoms with Crippen LogP contribution in [-0.2, 0) is 6.42 Å². The van der Waals surface area contributed by atoms with E-state index in [9.17, 15) is 0 Å². The standard InChI is InChI=1S/C19H18N4O2/c1-23(2)19-21-17(20)16-15(12-7-4-3-5-8-12)14(25-18(16)22-19)11-13-9-6-10-24-13/h3-10H,11H2,1-2H3,(H2,20,21,22). The van der Waals surface area contributed by atoms with Gasteiger partial charge in [-0.25, -0.2) is 0 Å². The summed E-state index contributed by atoms with van der Waals surface area (Å²) in [5.74, 6) is 2.49. The van der Waals surface area contributed by atoms with Gasteiger partial charge in [-0.3, -0.25) is 0 Å². The highest BCUT2D eigenvalue weighted by Crippen LogP contribution is 2.38. The Morgan fingerprint density at radius 2 is 1.84 bits per heavy atom. The average Bonchev–Trinajstić information content (AvgIpc) is 3.23. The second kappa shape index (κ2) is 5.98. The van der Waals surface area contributed by atoms with Crippen LogP contribution in [0.2, 0.25) is 0 Å². The first kappa shape index (κ1) is 15.3. The van der Waals surface area contributed by atoms with Gasteiger partial charge in [-0.05, 0) is 17.7 Å². The number of nitrogens with two attached hydrogens (primary N) is 1. The summed E-state index contributed by atoms with van der Waals surface area (Å²) in [6.07, 6.45) is 2.17. The van der Waals surface area contributed by atoms with E-state index in [1.807, 2.05) is 56.6 Å². The van der Waals surface area contributed by atoms with Crippen LogP contribution >= 0.6 is 0 Å². The van der Waals surface area contributed by atoms with Crippen LogP contribution in [0, 0.1) is 0 Å². The van der Waals surface area contributed by atoms with Gasteiger partial charge in [0.05, 0.1) is 18.1 Å². The molecule has 2 N–H and O–H groups in total. The number of benzene rings is 1. The summed E-state index contributed by atoms with van der Waals surface area (Å²) in [7, 11) is 3.73. The summed E-state index contributed by atoms with van der Waals surface area (Å²) in [6.45, 7) is 0. The molecule has 6 nitrogen and oxygen atoms in total. The lowest BCUT2D eigenvalue weighted by molar-refractivity contribution is 0.487. The van der Waals surface area contributed by atoms with Crippen molar-refractivity contribution in [1.29, 1.82) is 0 Å². The Morgan fingerprint density at radius 3 is 2.52 bits per heavy atom. The predicted octanol–water partition coefficient (Wildman–Crippen LogP) is 3.72. The van der Waals surface area contributed by atoms with Crippen LogP contribution in [-0.4, -0.2) is 24.1 Å². The van der Waals surface area contributed by atoms with Gasteiger partial charge in [-0.15, -0.1) is 0 Å². The fourth-order valence-electron chi connectivity index (χ4n) is 2.87. The zero-order chi connectivity index (χ0) is 17.4. The first-order valence-corrected chi connectivity index (χ1v) is 7.97. The Bertz CT molecular complexity index is 1010. The van der Waals surface area contributed by atoms with Crippen LogP contribution < -0.4 is 10.6 Å². The van der Waals surface area contributed by atoms with E-state index >= 15 is 0 Å². The average molecular weight is 334 g/mol. The van der Waals surface area contributed by atoms with Gasteiger partial charge < -0.3 is 19.5 Å². The maximum Gasteiger partial charge on any atom is 0.233 e. The summed E-state index contributed by atoms with van der Waals surface area (Å²) in [5, 5.41) is 0.735. The van der Waals surface area contributed by atoms with E-state index in [1.54, 1.807) is 11.2 Å². The lowest BCUT2D eigenvalue weighted by Gasteiger charge is -2.10. The van der Waals surface area contributed by atoms with Crippen molar-refractivity contribution < 1.29 is 8.83 Å². The summed E-state index contributed by atoms with van der Waals surface area (Å²) < 4.78 is 11.6. The van der Waals surface area contributed by atoms with Crippen LogP contribution in [0.4, 0.5) is 11.8 Å². The van der Waals surface area contributed by atoms with Gasteiger partial charge >= 0.3 is 0 Å². The smallest absolute Gasteiger partial charge is 0.233 e. The minimum absolute atomic E-state index is 0.405. The van der Waals surface area contributed by atoms with E-state index < -0.39 is 0 Å². The van der Waals surface area contributed by atoms with Crippen LogP contribution in [0.5, 0.6) is 0 Å². The number of aromatic nitrogens is 2. The molecule has 6 heteroatoms. The molecule has 0 radical (unpaired) electrons. The number of nitrogen functional groups attached to an aromatic ring is 1. The molecule has 3 aromatic heterocycles. The summed E-state index contributed by atoms with van der Waals surface area (Å²) in [6, 6.07) is 13.8. The van der Waals surface area contributed by atoms with Gasteiger partial charge in [-0.1, -0.05) is 30.3 Å². The maximum absolute atomic E-state index is 6.26. The Balaban J connectivity index is 1.97. The molecular formula is C19H18N4O2. The van der Waals surface area contributed by atoms with Crippen LogP contribution in [0.15, 0.2) is 57.6 Å². The van der Waals surface area contributed by atoms with Gasteiger partial charge in [0, 0.05) is 19.7 Å². The van der Waals surface area contributed by atoms with Crippen molar-refractivity contribution in [3.8, 4) is 11.1 Å². The third-order valence-electron chi connectivity index (χ3n) is 4.02. The third kappa shape index (κ3) is 2.71. The summed E-state index contributed by atoms with van der Waals surface area (Å²) in [4.78, 5) is 10.7. The lowest BCUT2D eigenvalue weighted by atomic mass is 10.0. The SMILES string of the molecule is CN(C)c1nc(N)c2c(-c3ccccc3)c(Cc3ccco3)oc2n1. The molecule has 25 heavy (non-hydrogen) atoms. The number of hydrogen-bond donors (Lipinski definition) is 1. The number of nitrogens with zero attached hydrogens (tertiary/aromatic N) is 3.